The smallest absolute Gasteiger partial charge is 0.259 e. The first kappa shape index (κ1) is 20.8. The maximum Gasteiger partial charge on any atom is 0.259 e. The molecular formula is C28H25FN4O. The lowest BCUT2D eigenvalue weighted by Crippen LogP contribution is -2.46. The van der Waals surface area contributed by atoms with Crippen LogP contribution >= 0.6 is 0 Å². The van der Waals surface area contributed by atoms with Crippen LogP contribution < -0.4 is 9.80 Å². The van der Waals surface area contributed by atoms with E-state index in [0.29, 0.717) is 17.8 Å². The number of halogens is 1. The number of rotatable bonds is 4. The fourth-order valence-corrected chi connectivity index (χ4v) is 5.16. The molecule has 0 spiro atoms. The number of pyridine rings is 1. The van der Waals surface area contributed by atoms with Crippen LogP contribution in [-0.2, 0) is 13.1 Å². The number of carbonyl (C=O) groups excluding carboxylic acids is 1. The van der Waals surface area contributed by atoms with Crippen LogP contribution in [0.3, 0.4) is 0 Å². The third kappa shape index (κ3) is 3.60. The number of carbonyl (C=O) groups is 1. The Hall–Kier alpha value is -3.77. The molecule has 0 unspecified atom stereocenters. The van der Waals surface area contributed by atoms with Gasteiger partial charge in [0.05, 0.1) is 12.2 Å². The van der Waals surface area contributed by atoms with Crippen molar-refractivity contribution in [3.63, 3.8) is 0 Å². The summed E-state index contributed by atoms with van der Waals surface area (Å²) in [6, 6.07) is 22.8. The molecule has 0 atom stereocenters. The maximum atomic E-state index is 14.5. The number of hydrogen-bond donors (Lipinski definition) is 0. The van der Waals surface area contributed by atoms with Gasteiger partial charge < -0.3 is 9.80 Å². The van der Waals surface area contributed by atoms with Gasteiger partial charge in [0.25, 0.3) is 5.91 Å². The van der Waals surface area contributed by atoms with Gasteiger partial charge in [-0.05, 0) is 52.2 Å². The van der Waals surface area contributed by atoms with Crippen molar-refractivity contribution >= 4 is 28.2 Å². The summed E-state index contributed by atoms with van der Waals surface area (Å²) in [7, 11) is 0. The molecule has 0 radical (unpaired) electrons. The average molecular weight is 453 g/mol. The van der Waals surface area contributed by atoms with Gasteiger partial charge in [0.1, 0.15) is 11.6 Å². The van der Waals surface area contributed by atoms with Gasteiger partial charge in [-0.15, -0.1) is 0 Å². The highest BCUT2D eigenvalue weighted by Gasteiger charge is 2.32. The van der Waals surface area contributed by atoms with E-state index < -0.39 is 0 Å². The van der Waals surface area contributed by atoms with E-state index in [1.165, 1.54) is 6.07 Å². The molecule has 6 heteroatoms. The number of fused-ring (bicyclic) bond motifs is 3. The van der Waals surface area contributed by atoms with E-state index in [-0.39, 0.29) is 11.7 Å². The molecule has 1 fully saturated rings. The molecule has 1 aromatic heterocycles. The van der Waals surface area contributed by atoms with Gasteiger partial charge in [-0.2, -0.15) is 0 Å². The number of aromatic nitrogens is 1. The summed E-state index contributed by atoms with van der Waals surface area (Å²) in [4.78, 5) is 24.1. The number of hydrogen-bond acceptors (Lipinski definition) is 4. The van der Waals surface area contributed by atoms with Crippen molar-refractivity contribution in [2.24, 2.45) is 0 Å². The summed E-state index contributed by atoms with van der Waals surface area (Å²) in [5, 5.41) is 2.24. The van der Waals surface area contributed by atoms with E-state index in [1.54, 1.807) is 23.1 Å². The standard InChI is InChI=1S/C28H25FN4O/c29-25-9-3-4-10-26(25)33-19-24-22-8-2-1-7-21(22)20(17-23(24)28(33)34)18-31-13-15-32(16-14-31)27-11-5-6-12-30-27/h1-12,17H,13-16,18-19H2. The lowest BCUT2D eigenvalue weighted by atomic mass is 9.95. The van der Waals surface area contributed by atoms with Gasteiger partial charge in [0, 0.05) is 44.5 Å². The molecule has 6 rings (SSSR count). The van der Waals surface area contributed by atoms with Crippen molar-refractivity contribution in [1.82, 2.24) is 9.88 Å². The highest BCUT2D eigenvalue weighted by Crippen LogP contribution is 2.36. The van der Waals surface area contributed by atoms with E-state index >= 15 is 0 Å². The predicted molar refractivity (Wildman–Crippen MR) is 133 cm³/mol. The summed E-state index contributed by atoms with van der Waals surface area (Å²) < 4.78 is 14.5. The molecule has 2 aliphatic rings. The van der Waals surface area contributed by atoms with Gasteiger partial charge >= 0.3 is 0 Å². The molecular weight excluding hydrogens is 427 g/mol. The van der Waals surface area contributed by atoms with Crippen LogP contribution in [0.1, 0.15) is 21.5 Å². The number of para-hydroxylation sites is 1. The van der Waals surface area contributed by atoms with Crippen LogP contribution in [0.2, 0.25) is 0 Å². The number of nitrogens with zero attached hydrogens (tertiary/aromatic N) is 4. The molecule has 1 amide bonds. The first-order valence-electron chi connectivity index (χ1n) is 11.7. The summed E-state index contributed by atoms with van der Waals surface area (Å²) in [5.74, 6) is 0.509. The molecule has 2 aliphatic heterocycles. The van der Waals surface area contributed by atoms with Crippen molar-refractivity contribution in [2.45, 2.75) is 13.1 Å². The molecule has 0 saturated carbocycles. The van der Waals surface area contributed by atoms with E-state index in [9.17, 15) is 9.18 Å². The maximum absolute atomic E-state index is 14.5. The Morgan fingerprint density at radius 1 is 0.853 bits per heavy atom. The predicted octanol–water partition coefficient (Wildman–Crippen LogP) is 4.86. The highest BCUT2D eigenvalue weighted by molar-refractivity contribution is 6.14. The Morgan fingerprint density at radius 3 is 2.35 bits per heavy atom. The van der Waals surface area contributed by atoms with Gasteiger partial charge in [0.15, 0.2) is 0 Å². The number of amides is 1. The monoisotopic (exact) mass is 452 g/mol. The normalized spacial score (nSPS) is 16.3. The Labute approximate surface area is 198 Å². The lowest BCUT2D eigenvalue weighted by Gasteiger charge is -2.35. The molecule has 0 N–H and O–H groups in total. The molecule has 3 heterocycles. The lowest BCUT2D eigenvalue weighted by molar-refractivity contribution is 0.0995. The zero-order chi connectivity index (χ0) is 23.1. The first-order chi connectivity index (χ1) is 16.7. The van der Waals surface area contributed by atoms with Gasteiger partial charge in [0.2, 0.25) is 0 Å². The zero-order valence-electron chi connectivity index (χ0n) is 18.8. The van der Waals surface area contributed by atoms with Crippen LogP contribution in [0, 0.1) is 5.82 Å². The number of anilines is 2. The molecule has 5 nitrogen and oxygen atoms in total. The highest BCUT2D eigenvalue weighted by atomic mass is 19.1. The summed E-state index contributed by atoms with van der Waals surface area (Å²) in [6.45, 7) is 4.85. The minimum absolute atomic E-state index is 0.132. The van der Waals surface area contributed by atoms with Crippen LogP contribution in [-0.4, -0.2) is 42.0 Å². The molecule has 3 aromatic carbocycles. The minimum Gasteiger partial charge on any atom is -0.354 e. The van der Waals surface area contributed by atoms with Crippen LogP contribution in [0.25, 0.3) is 10.8 Å². The second-order valence-corrected chi connectivity index (χ2v) is 8.90. The van der Waals surface area contributed by atoms with Gasteiger partial charge in [-0.3, -0.25) is 9.69 Å². The molecule has 34 heavy (non-hydrogen) atoms. The van der Waals surface area contributed by atoms with Crippen LogP contribution in [0.4, 0.5) is 15.9 Å². The third-order valence-electron chi connectivity index (χ3n) is 6.92. The Balaban J connectivity index is 1.29. The Bertz CT molecular complexity index is 1370. The minimum atomic E-state index is -0.376. The van der Waals surface area contributed by atoms with Crippen LogP contribution in [0.5, 0.6) is 0 Å². The second kappa shape index (κ2) is 8.54. The summed E-state index contributed by atoms with van der Waals surface area (Å²) in [6.07, 6.45) is 1.83. The molecule has 0 aliphatic carbocycles. The average Bonchev–Trinajstić information content (AvgIpc) is 3.21. The van der Waals surface area contributed by atoms with Crippen molar-refractivity contribution in [2.75, 3.05) is 36.0 Å². The molecule has 170 valence electrons. The van der Waals surface area contributed by atoms with E-state index in [4.69, 9.17) is 0 Å². The molecule has 4 aromatic rings. The van der Waals surface area contributed by atoms with Crippen molar-refractivity contribution in [3.8, 4) is 0 Å². The second-order valence-electron chi connectivity index (χ2n) is 8.90. The summed E-state index contributed by atoms with van der Waals surface area (Å²) >= 11 is 0. The number of benzene rings is 3. The molecule has 1 saturated heterocycles. The van der Waals surface area contributed by atoms with Crippen molar-refractivity contribution in [3.05, 3.63) is 102 Å². The SMILES string of the molecule is O=C1c2cc(CN3CCN(c4ccccn4)CC3)c3ccccc3c2CN1c1ccccc1F. The topological polar surface area (TPSA) is 39.7 Å². The fraction of sp³-hybridized carbons (Fsp3) is 0.214. The fourth-order valence-electron chi connectivity index (χ4n) is 5.16. The van der Waals surface area contributed by atoms with E-state index in [2.05, 4.69) is 33.0 Å². The largest absolute Gasteiger partial charge is 0.354 e. The quantitative estimate of drug-likeness (QED) is 0.444. The van der Waals surface area contributed by atoms with Gasteiger partial charge in [-0.1, -0.05) is 42.5 Å². The van der Waals surface area contributed by atoms with E-state index in [0.717, 1.165) is 60.4 Å². The van der Waals surface area contributed by atoms with Crippen molar-refractivity contribution in [1.29, 1.82) is 0 Å². The Morgan fingerprint density at radius 2 is 1.59 bits per heavy atom. The van der Waals surface area contributed by atoms with Gasteiger partial charge in [-0.25, -0.2) is 9.37 Å². The Kier molecular flexibility index (Phi) is 5.23. The molecule has 0 bridgehead atoms. The van der Waals surface area contributed by atoms with Crippen LogP contribution in [0.15, 0.2) is 79.0 Å². The van der Waals surface area contributed by atoms with Crippen molar-refractivity contribution < 1.29 is 9.18 Å². The van der Waals surface area contributed by atoms with E-state index in [1.807, 2.05) is 36.5 Å². The first-order valence-corrected chi connectivity index (χ1v) is 11.7. The number of piperazine rings is 1. The summed E-state index contributed by atoms with van der Waals surface area (Å²) in [5.41, 5.74) is 3.14. The third-order valence-corrected chi connectivity index (χ3v) is 6.92. The zero-order valence-corrected chi connectivity index (χ0v) is 18.8.